The molecule has 0 amide bonds. The lowest BCUT2D eigenvalue weighted by Crippen LogP contribution is -2.39. The first-order chi connectivity index (χ1) is 9.15. The molecule has 2 atom stereocenters. The molecule has 0 spiro atoms. The average molecular weight is 261 g/mol. The molecule has 0 aromatic heterocycles. The highest BCUT2D eigenvalue weighted by Gasteiger charge is 2.20. The molecule has 1 aromatic rings. The fraction of sp³-hybridized carbons (Fsp3) is 0.647. The number of ether oxygens (including phenoxy) is 1. The zero-order chi connectivity index (χ0) is 13.7. The molecule has 0 aliphatic heterocycles. The standard InChI is InChI=1S/C17H27NO/c1-13-10-14(2)12-16(11-13)19-9-8-18-17-7-5-4-6-15(17)3/h10-12,15,17-18H,4-9H2,1-3H3. The third-order valence-corrected chi connectivity index (χ3v) is 4.08. The average Bonchev–Trinajstić information content (AvgIpc) is 2.35. The molecule has 1 fully saturated rings. The van der Waals surface area contributed by atoms with Crippen LogP contribution in [0.15, 0.2) is 18.2 Å². The lowest BCUT2D eigenvalue weighted by atomic mass is 9.86. The van der Waals surface area contributed by atoms with Crippen molar-refractivity contribution in [3.8, 4) is 5.75 Å². The van der Waals surface area contributed by atoms with Crippen molar-refractivity contribution in [1.82, 2.24) is 5.32 Å². The second-order valence-electron chi connectivity index (χ2n) is 5.99. The quantitative estimate of drug-likeness (QED) is 0.813. The van der Waals surface area contributed by atoms with E-state index >= 15 is 0 Å². The van der Waals surface area contributed by atoms with Crippen molar-refractivity contribution >= 4 is 0 Å². The van der Waals surface area contributed by atoms with E-state index in [1.165, 1.54) is 36.8 Å². The summed E-state index contributed by atoms with van der Waals surface area (Å²) in [7, 11) is 0. The Hall–Kier alpha value is -1.02. The van der Waals surface area contributed by atoms with Gasteiger partial charge < -0.3 is 10.1 Å². The number of rotatable bonds is 5. The van der Waals surface area contributed by atoms with Gasteiger partial charge in [0.15, 0.2) is 0 Å². The summed E-state index contributed by atoms with van der Waals surface area (Å²) in [6, 6.07) is 7.08. The minimum absolute atomic E-state index is 0.691. The van der Waals surface area contributed by atoms with Crippen molar-refractivity contribution in [3.05, 3.63) is 29.3 Å². The van der Waals surface area contributed by atoms with Crippen LogP contribution in [0.2, 0.25) is 0 Å². The third-order valence-electron chi connectivity index (χ3n) is 4.08. The molecule has 1 aromatic carbocycles. The Kier molecular flexibility index (Phi) is 5.26. The number of nitrogens with one attached hydrogen (secondary N) is 1. The van der Waals surface area contributed by atoms with E-state index in [0.717, 1.165) is 24.8 Å². The topological polar surface area (TPSA) is 21.3 Å². The first kappa shape index (κ1) is 14.4. The molecule has 106 valence electrons. The number of hydrogen-bond acceptors (Lipinski definition) is 2. The van der Waals surface area contributed by atoms with E-state index in [1.807, 2.05) is 0 Å². The maximum absolute atomic E-state index is 5.83. The summed E-state index contributed by atoms with van der Waals surface area (Å²) >= 11 is 0. The lowest BCUT2D eigenvalue weighted by molar-refractivity contribution is 0.251. The van der Waals surface area contributed by atoms with Crippen molar-refractivity contribution in [3.63, 3.8) is 0 Å². The van der Waals surface area contributed by atoms with Gasteiger partial charge in [-0.05, 0) is 55.9 Å². The Morgan fingerprint density at radius 1 is 1.11 bits per heavy atom. The monoisotopic (exact) mass is 261 g/mol. The summed E-state index contributed by atoms with van der Waals surface area (Å²) in [5, 5.41) is 3.65. The summed E-state index contributed by atoms with van der Waals surface area (Å²) < 4.78 is 5.83. The van der Waals surface area contributed by atoms with Crippen LogP contribution in [0.1, 0.15) is 43.7 Å². The van der Waals surface area contributed by atoms with E-state index in [9.17, 15) is 0 Å². The molecule has 0 heterocycles. The van der Waals surface area contributed by atoms with Crippen LogP contribution >= 0.6 is 0 Å². The maximum Gasteiger partial charge on any atom is 0.119 e. The van der Waals surface area contributed by atoms with Crippen LogP contribution in [0.25, 0.3) is 0 Å². The minimum Gasteiger partial charge on any atom is -0.492 e. The van der Waals surface area contributed by atoms with Crippen molar-refractivity contribution in [2.45, 2.75) is 52.5 Å². The van der Waals surface area contributed by atoms with Crippen molar-refractivity contribution in [1.29, 1.82) is 0 Å². The summed E-state index contributed by atoms with van der Waals surface area (Å²) in [5.41, 5.74) is 2.53. The predicted molar refractivity (Wildman–Crippen MR) is 80.8 cm³/mol. The van der Waals surface area contributed by atoms with Gasteiger partial charge in [-0.2, -0.15) is 0 Å². The zero-order valence-corrected chi connectivity index (χ0v) is 12.5. The molecular formula is C17H27NO. The highest BCUT2D eigenvalue weighted by molar-refractivity contribution is 5.32. The van der Waals surface area contributed by atoms with Crippen molar-refractivity contribution in [2.24, 2.45) is 5.92 Å². The highest BCUT2D eigenvalue weighted by Crippen LogP contribution is 2.23. The van der Waals surface area contributed by atoms with E-state index < -0.39 is 0 Å². The Morgan fingerprint density at radius 2 is 1.79 bits per heavy atom. The summed E-state index contributed by atoms with van der Waals surface area (Å²) in [6.07, 6.45) is 5.47. The van der Waals surface area contributed by atoms with Crippen LogP contribution in [0.3, 0.4) is 0 Å². The smallest absolute Gasteiger partial charge is 0.119 e. The third kappa shape index (κ3) is 4.54. The Bertz CT molecular complexity index is 382. The molecule has 1 aliphatic rings. The second-order valence-corrected chi connectivity index (χ2v) is 5.99. The van der Waals surface area contributed by atoms with Gasteiger partial charge in [0.25, 0.3) is 0 Å². The van der Waals surface area contributed by atoms with Gasteiger partial charge in [-0.25, -0.2) is 0 Å². The van der Waals surface area contributed by atoms with E-state index in [-0.39, 0.29) is 0 Å². The first-order valence-electron chi connectivity index (χ1n) is 7.59. The van der Waals surface area contributed by atoms with Gasteiger partial charge in [0, 0.05) is 12.6 Å². The number of hydrogen-bond donors (Lipinski definition) is 1. The molecule has 2 rings (SSSR count). The fourth-order valence-corrected chi connectivity index (χ4v) is 3.05. The fourth-order valence-electron chi connectivity index (χ4n) is 3.05. The van der Waals surface area contributed by atoms with E-state index in [4.69, 9.17) is 4.74 Å². The molecule has 2 nitrogen and oxygen atoms in total. The molecule has 0 radical (unpaired) electrons. The van der Waals surface area contributed by atoms with Crippen LogP contribution in [-0.2, 0) is 0 Å². The van der Waals surface area contributed by atoms with E-state index in [2.05, 4.69) is 44.3 Å². The van der Waals surface area contributed by atoms with Crippen LogP contribution in [0, 0.1) is 19.8 Å². The molecule has 2 heteroatoms. The normalized spacial score (nSPS) is 23.3. The van der Waals surface area contributed by atoms with Gasteiger partial charge in [0.1, 0.15) is 12.4 Å². The van der Waals surface area contributed by atoms with Gasteiger partial charge >= 0.3 is 0 Å². The SMILES string of the molecule is Cc1cc(C)cc(OCCNC2CCCCC2C)c1. The molecule has 2 unspecified atom stereocenters. The van der Waals surface area contributed by atoms with E-state index in [0.29, 0.717) is 6.04 Å². The number of aryl methyl sites for hydroxylation is 2. The van der Waals surface area contributed by atoms with Gasteiger partial charge in [-0.15, -0.1) is 0 Å². The zero-order valence-electron chi connectivity index (χ0n) is 12.5. The maximum atomic E-state index is 5.83. The second kappa shape index (κ2) is 6.95. The minimum atomic E-state index is 0.691. The highest BCUT2D eigenvalue weighted by atomic mass is 16.5. The van der Waals surface area contributed by atoms with Gasteiger partial charge in [-0.3, -0.25) is 0 Å². The van der Waals surface area contributed by atoms with Crippen LogP contribution in [-0.4, -0.2) is 19.2 Å². The Labute approximate surface area is 117 Å². The first-order valence-corrected chi connectivity index (χ1v) is 7.59. The van der Waals surface area contributed by atoms with Gasteiger partial charge in [0.05, 0.1) is 0 Å². The molecule has 0 saturated heterocycles. The van der Waals surface area contributed by atoms with Crippen molar-refractivity contribution in [2.75, 3.05) is 13.2 Å². The van der Waals surface area contributed by atoms with Gasteiger partial charge in [0.2, 0.25) is 0 Å². The Balaban J connectivity index is 1.71. The molecule has 1 saturated carbocycles. The number of benzene rings is 1. The summed E-state index contributed by atoms with van der Waals surface area (Å²) in [4.78, 5) is 0. The van der Waals surface area contributed by atoms with Crippen molar-refractivity contribution < 1.29 is 4.74 Å². The van der Waals surface area contributed by atoms with E-state index in [1.54, 1.807) is 0 Å². The Morgan fingerprint density at radius 3 is 2.47 bits per heavy atom. The largest absolute Gasteiger partial charge is 0.492 e. The van der Waals surface area contributed by atoms with Crippen LogP contribution in [0.4, 0.5) is 0 Å². The van der Waals surface area contributed by atoms with Crippen LogP contribution < -0.4 is 10.1 Å². The lowest BCUT2D eigenvalue weighted by Gasteiger charge is -2.29. The van der Waals surface area contributed by atoms with Gasteiger partial charge in [-0.1, -0.05) is 25.8 Å². The van der Waals surface area contributed by atoms with Crippen LogP contribution in [0.5, 0.6) is 5.75 Å². The summed E-state index contributed by atoms with van der Waals surface area (Å²) in [6.45, 7) is 8.29. The summed E-state index contributed by atoms with van der Waals surface area (Å²) in [5.74, 6) is 1.81. The molecule has 1 N–H and O–H groups in total. The molecule has 0 bridgehead atoms. The molecule has 1 aliphatic carbocycles. The molecule has 19 heavy (non-hydrogen) atoms. The predicted octanol–water partition coefficient (Wildman–Crippen LogP) is 3.85. The molecular weight excluding hydrogens is 234 g/mol.